The fourth-order valence-corrected chi connectivity index (χ4v) is 3.96. The molecule has 162 valence electrons. The van der Waals surface area contributed by atoms with E-state index in [1.807, 2.05) is 6.07 Å². The molecule has 2 aromatic rings. The van der Waals surface area contributed by atoms with Gasteiger partial charge >= 0.3 is 0 Å². The molecule has 1 aliphatic rings. The lowest BCUT2D eigenvalue weighted by atomic mass is 10.2. The Morgan fingerprint density at radius 3 is 2.50 bits per heavy atom. The highest BCUT2D eigenvalue weighted by Gasteiger charge is 2.17. The minimum atomic E-state index is -0.0345. The van der Waals surface area contributed by atoms with Crippen LogP contribution in [0.2, 0.25) is 0 Å². The summed E-state index contributed by atoms with van der Waals surface area (Å²) in [6.45, 7) is 14.4. The van der Waals surface area contributed by atoms with Crippen LogP contribution in [0.5, 0.6) is 0 Å². The summed E-state index contributed by atoms with van der Waals surface area (Å²) in [6, 6.07) is 12.6. The van der Waals surface area contributed by atoms with E-state index in [9.17, 15) is 4.79 Å². The standard InChI is InChI=1S/C24H35N5O/c1-19(2)18-29-20(3)16-22(21(29)4)17-25-26-24(30)10-11-27-12-14-28(15-13-27)23-8-6-5-7-9-23/h5-9,16-17,19H,10-15,18H2,1-4H3,(H,26,30)/b25-17+. The summed E-state index contributed by atoms with van der Waals surface area (Å²) in [7, 11) is 0. The number of rotatable bonds is 8. The van der Waals surface area contributed by atoms with E-state index in [4.69, 9.17) is 0 Å². The summed E-state index contributed by atoms with van der Waals surface area (Å²) in [5.74, 6) is 0.557. The van der Waals surface area contributed by atoms with Crippen molar-refractivity contribution in [2.75, 3.05) is 37.6 Å². The third kappa shape index (κ3) is 5.95. The molecule has 0 radical (unpaired) electrons. The number of amides is 1. The van der Waals surface area contributed by atoms with Crippen molar-refractivity contribution in [3.05, 3.63) is 53.3 Å². The zero-order valence-corrected chi connectivity index (χ0v) is 18.8. The van der Waals surface area contributed by atoms with Gasteiger partial charge in [-0.3, -0.25) is 9.69 Å². The minimum absolute atomic E-state index is 0.0345. The maximum Gasteiger partial charge on any atom is 0.241 e. The SMILES string of the molecule is Cc1cc(/C=N/NC(=O)CCN2CCN(c3ccccc3)CC2)c(C)n1CC(C)C. The van der Waals surface area contributed by atoms with Crippen LogP contribution in [0.15, 0.2) is 41.5 Å². The van der Waals surface area contributed by atoms with Crippen molar-refractivity contribution in [1.82, 2.24) is 14.9 Å². The summed E-state index contributed by atoms with van der Waals surface area (Å²) in [5.41, 5.74) is 7.44. The van der Waals surface area contributed by atoms with E-state index in [2.05, 4.69) is 82.9 Å². The number of nitrogens with zero attached hydrogens (tertiary/aromatic N) is 4. The Morgan fingerprint density at radius 2 is 1.83 bits per heavy atom. The van der Waals surface area contributed by atoms with Gasteiger partial charge in [0.25, 0.3) is 0 Å². The first-order valence-corrected chi connectivity index (χ1v) is 10.9. The van der Waals surface area contributed by atoms with Crippen LogP contribution in [0.3, 0.4) is 0 Å². The molecule has 1 saturated heterocycles. The monoisotopic (exact) mass is 409 g/mol. The maximum atomic E-state index is 12.2. The third-order valence-corrected chi connectivity index (χ3v) is 5.70. The lowest BCUT2D eigenvalue weighted by Gasteiger charge is -2.36. The average molecular weight is 410 g/mol. The molecule has 6 heteroatoms. The highest BCUT2D eigenvalue weighted by atomic mass is 16.2. The topological polar surface area (TPSA) is 52.9 Å². The first kappa shape index (κ1) is 22.1. The van der Waals surface area contributed by atoms with Gasteiger partial charge in [-0.15, -0.1) is 0 Å². The molecule has 1 amide bonds. The molecule has 1 aromatic carbocycles. The highest BCUT2D eigenvalue weighted by Crippen LogP contribution is 2.16. The van der Waals surface area contributed by atoms with Gasteiger partial charge in [0.1, 0.15) is 0 Å². The van der Waals surface area contributed by atoms with Gasteiger partial charge in [0.15, 0.2) is 0 Å². The Morgan fingerprint density at radius 1 is 1.13 bits per heavy atom. The number of hydrazone groups is 1. The molecule has 6 nitrogen and oxygen atoms in total. The smallest absolute Gasteiger partial charge is 0.241 e. The predicted molar refractivity (Wildman–Crippen MR) is 124 cm³/mol. The number of anilines is 1. The van der Waals surface area contributed by atoms with Crippen molar-refractivity contribution in [1.29, 1.82) is 0 Å². The van der Waals surface area contributed by atoms with E-state index in [0.717, 1.165) is 44.8 Å². The van der Waals surface area contributed by atoms with Crippen molar-refractivity contribution in [2.24, 2.45) is 11.0 Å². The number of aromatic nitrogens is 1. The Hall–Kier alpha value is -2.60. The quantitative estimate of drug-likeness (QED) is 0.537. The Balaban J connectivity index is 1.40. The van der Waals surface area contributed by atoms with Gasteiger partial charge in [0.05, 0.1) is 6.21 Å². The van der Waals surface area contributed by atoms with Crippen LogP contribution in [0, 0.1) is 19.8 Å². The second kappa shape index (κ2) is 10.4. The van der Waals surface area contributed by atoms with E-state index in [-0.39, 0.29) is 5.91 Å². The van der Waals surface area contributed by atoms with E-state index >= 15 is 0 Å². The van der Waals surface area contributed by atoms with Crippen LogP contribution in [0.25, 0.3) is 0 Å². The summed E-state index contributed by atoms with van der Waals surface area (Å²) >= 11 is 0. The molecular formula is C24H35N5O. The van der Waals surface area contributed by atoms with E-state index in [1.165, 1.54) is 17.1 Å². The van der Waals surface area contributed by atoms with Gasteiger partial charge in [0.2, 0.25) is 5.91 Å². The average Bonchev–Trinajstić information content (AvgIpc) is 3.00. The number of hydrogen-bond acceptors (Lipinski definition) is 4. The van der Waals surface area contributed by atoms with Crippen LogP contribution in [-0.4, -0.2) is 54.3 Å². The van der Waals surface area contributed by atoms with Crippen molar-refractivity contribution in [3.8, 4) is 0 Å². The summed E-state index contributed by atoms with van der Waals surface area (Å²) in [5, 5.41) is 4.19. The van der Waals surface area contributed by atoms with Gasteiger partial charge in [0, 0.05) is 68.3 Å². The number of aryl methyl sites for hydroxylation is 1. The first-order chi connectivity index (χ1) is 14.4. The first-order valence-electron chi connectivity index (χ1n) is 10.9. The lowest BCUT2D eigenvalue weighted by molar-refractivity contribution is -0.121. The second-order valence-electron chi connectivity index (χ2n) is 8.54. The van der Waals surface area contributed by atoms with Crippen molar-refractivity contribution < 1.29 is 4.79 Å². The van der Waals surface area contributed by atoms with Crippen molar-refractivity contribution in [2.45, 2.75) is 40.7 Å². The molecule has 3 rings (SSSR count). The molecule has 0 spiro atoms. The number of carbonyl (C=O) groups is 1. The zero-order valence-electron chi connectivity index (χ0n) is 18.8. The number of carbonyl (C=O) groups excluding carboxylic acids is 1. The Bertz CT molecular complexity index is 848. The molecule has 0 bridgehead atoms. The van der Waals surface area contributed by atoms with Crippen molar-refractivity contribution in [3.63, 3.8) is 0 Å². The molecule has 2 heterocycles. The Labute approximate surface area is 180 Å². The highest BCUT2D eigenvalue weighted by molar-refractivity contribution is 5.83. The van der Waals surface area contributed by atoms with Crippen LogP contribution in [0.4, 0.5) is 5.69 Å². The summed E-state index contributed by atoms with van der Waals surface area (Å²) in [4.78, 5) is 16.9. The molecule has 0 aliphatic carbocycles. The molecule has 1 aliphatic heterocycles. The molecule has 1 N–H and O–H groups in total. The lowest BCUT2D eigenvalue weighted by Crippen LogP contribution is -2.47. The Kier molecular flexibility index (Phi) is 7.69. The van der Waals surface area contributed by atoms with Gasteiger partial charge in [-0.1, -0.05) is 32.0 Å². The molecule has 1 aromatic heterocycles. The minimum Gasteiger partial charge on any atom is -0.369 e. The van der Waals surface area contributed by atoms with Crippen LogP contribution in [0.1, 0.15) is 37.2 Å². The van der Waals surface area contributed by atoms with Gasteiger partial charge in [-0.25, -0.2) is 5.43 Å². The maximum absolute atomic E-state index is 12.2. The fourth-order valence-electron chi connectivity index (χ4n) is 3.96. The second-order valence-corrected chi connectivity index (χ2v) is 8.54. The largest absolute Gasteiger partial charge is 0.369 e. The molecule has 30 heavy (non-hydrogen) atoms. The van der Waals surface area contributed by atoms with E-state index < -0.39 is 0 Å². The van der Waals surface area contributed by atoms with Gasteiger partial charge in [-0.2, -0.15) is 5.10 Å². The van der Waals surface area contributed by atoms with Crippen molar-refractivity contribution >= 4 is 17.8 Å². The summed E-state index contributed by atoms with van der Waals surface area (Å²) < 4.78 is 2.31. The fraction of sp³-hybridized carbons (Fsp3) is 0.500. The third-order valence-electron chi connectivity index (χ3n) is 5.70. The predicted octanol–water partition coefficient (Wildman–Crippen LogP) is 3.42. The van der Waals surface area contributed by atoms with Crippen LogP contribution < -0.4 is 10.3 Å². The number of piperazine rings is 1. The summed E-state index contributed by atoms with van der Waals surface area (Å²) in [6.07, 6.45) is 2.23. The normalized spacial score (nSPS) is 15.3. The molecule has 0 saturated carbocycles. The zero-order chi connectivity index (χ0) is 21.5. The van der Waals surface area contributed by atoms with Crippen LogP contribution in [-0.2, 0) is 11.3 Å². The molecular weight excluding hydrogens is 374 g/mol. The van der Waals surface area contributed by atoms with E-state index in [1.54, 1.807) is 6.21 Å². The molecule has 0 atom stereocenters. The number of benzene rings is 1. The van der Waals surface area contributed by atoms with Gasteiger partial charge < -0.3 is 9.47 Å². The van der Waals surface area contributed by atoms with E-state index in [0.29, 0.717) is 12.3 Å². The van der Waals surface area contributed by atoms with Crippen LogP contribution >= 0.6 is 0 Å². The number of hydrogen-bond donors (Lipinski definition) is 1. The molecule has 0 unspecified atom stereocenters. The molecule has 1 fully saturated rings. The number of nitrogens with one attached hydrogen (secondary N) is 1. The number of para-hydroxylation sites is 1. The van der Waals surface area contributed by atoms with Gasteiger partial charge in [-0.05, 0) is 38.0 Å².